The van der Waals surface area contributed by atoms with Gasteiger partial charge in [-0.3, -0.25) is 9.69 Å². The van der Waals surface area contributed by atoms with Gasteiger partial charge in [-0.15, -0.1) is 0 Å². The summed E-state index contributed by atoms with van der Waals surface area (Å²) < 4.78 is 0. The van der Waals surface area contributed by atoms with Gasteiger partial charge in [-0.2, -0.15) is 0 Å². The Kier molecular flexibility index (Phi) is 6.10. The SMILES string of the molecule is CCN(Cc1ccc(C(=O)N2CCCC2c2ccccc2)cc1)C(C)C. The van der Waals surface area contributed by atoms with Crippen molar-refractivity contribution in [3.05, 3.63) is 71.3 Å². The van der Waals surface area contributed by atoms with Crippen LogP contribution in [0.4, 0.5) is 0 Å². The van der Waals surface area contributed by atoms with Gasteiger partial charge in [0.05, 0.1) is 6.04 Å². The molecule has 0 N–H and O–H groups in total. The average molecular weight is 351 g/mol. The third-order valence-corrected chi connectivity index (χ3v) is 5.42. The Bertz CT molecular complexity index is 709. The van der Waals surface area contributed by atoms with Crippen LogP contribution < -0.4 is 0 Å². The molecule has 0 aliphatic carbocycles. The molecule has 3 nitrogen and oxygen atoms in total. The maximum absolute atomic E-state index is 13.0. The van der Waals surface area contributed by atoms with Crippen LogP contribution in [0.25, 0.3) is 0 Å². The highest BCUT2D eigenvalue weighted by Crippen LogP contribution is 2.33. The highest BCUT2D eigenvalue weighted by atomic mass is 16.2. The number of carbonyl (C=O) groups is 1. The minimum atomic E-state index is 0.152. The molecule has 1 fully saturated rings. The lowest BCUT2D eigenvalue weighted by Gasteiger charge is -2.26. The summed E-state index contributed by atoms with van der Waals surface area (Å²) in [6.45, 7) is 9.44. The third kappa shape index (κ3) is 4.16. The van der Waals surface area contributed by atoms with Crippen molar-refractivity contribution in [2.45, 2.75) is 52.2 Å². The molecule has 1 saturated heterocycles. The van der Waals surface area contributed by atoms with Crippen LogP contribution in [0.15, 0.2) is 54.6 Å². The van der Waals surface area contributed by atoms with Crippen molar-refractivity contribution in [2.75, 3.05) is 13.1 Å². The fraction of sp³-hybridized carbons (Fsp3) is 0.435. The van der Waals surface area contributed by atoms with Crippen molar-refractivity contribution in [1.29, 1.82) is 0 Å². The minimum absolute atomic E-state index is 0.152. The molecule has 1 amide bonds. The van der Waals surface area contributed by atoms with E-state index in [0.717, 1.165) is 38.0 Å². The van der Waals surface area contributed by atoms with E-state index in [1.807, 2.05) is 23.1 Å². The van der Waals surface area contributed by atoms with Crippen LogP contribution in [-0.4, -0.2) is 34.8 Å². The lowest BCUT2D eigenvalue weighted by Crippen LogP contribution is -2.31. The van der Waals surface area contributed by atoms with E-state index in [-0.39, 0.29) is 11.9 Å². The quantitative estimate of drug-likeness (QED) is 0.740. The van der Waals surface area contributed by atoms with Gasteiger partial charge in [0.15, 0.2) is 0 Å². The molecule has 2 aromatic carbocycles. The second kappa shape index (κ2) is 8.50. The Morgan fingerprint density at radius 3 is 2.42 bits per heavy atom. The van der Waals surface area contributed by atoms with E-state index >= 15 is 0 Å². The fourth-order valence-corrected chi connectivity index (χ4v) is 3.84. The summed E-state index contributed by atoms with van der Waals surface area (Å²) in [6.07, 6.45) is 2.12. The van der Waals surface area contributed by atoms with E-state index in [1.165, 1.54) is 11.1 Å². The summed E-state index contributed by atoms with van der Waals surface area (Å²) in [5.74, 6) is 0.152. The van der Waals surface area contributed by atoms with Crippen LogP contribution in [-0.2, 0) is 6.54 Å². The zero-order valence-electron chi connectivity index (χ0n) is 16.2. The molecule has 1 aliphatic rings. The molecule has 26 heavy (non-hydrogen) atoms. The Labute approximate surface area is 157 Å². The van der Waals surface area contributed by atoms with Crippen molar-refractivity contribution in [2.24, 2.45) is 0 Å². The molecule has 0 saturated carbocycles. The van der Waals surface area contributed by atoms with Crippen molar-refractivity contribution >= 4 is 5.91 Å². The standard InChI is InChI=1S/C23H30N2O/c1-4-24(18(2)3)17-19-12-14-21(15-13-19)23(26)25-16-8-11-22(25)20-9-6-5-7-10-20/h5-7,9-10,12-15,18,22H,4,8,11,16-17H2,1-3H3. The smallest absolute Gasteiger partial charge is 0.254 e. The van der Waals surface area contributed by atoms with Crippen LogP contribution in [0, 0.1) is 0 Å². The molecule has 1 heterocycles. The number of nitrogens with zero attached hydrogens (tertiary/aromatic N) is 2. The van der Waals surface area contributed by atoms with E-state index in [9.17, 15) is 4.79 Å². The Balaban J connectivity index is 1.71. The van der Waals surface area contributed by atoms with Gasteiger partial charge in [0.1, 0.15) is 0 Å². The van der Waals surface area contributed by atoms with Crippen LogP contribution in [0.2, 0.25) is 0 Å². The largest absolute Gasteiger partial charge is 0.332 e. The van der Waals surface area contributed by atoms with E-state index in [0.29, 0.717) is 6.04 Å². The lowest BCUT2D eigenvalue weighted by atomic mass is 10.0. The molecule has 1 unspecified atom stereocenters. The number of benzene rings is 2. The van der Waals surface area contributed by atoms with Crippen LogP contribution in [0.1, 0.15) is 61.1 Å². The van der Waals surface area contributed by atoms with Gasteiger partial charge in [0, 0.05) is 24.7 Å². The summed E-state index contributed by atoms with van der Waals surface area (Å²) in [6, 6.07) is 19.3. The van der Waals surface area contributed by atoms with Gasteiger partial charge in [-0.1, -0.05) is 49.4 Å². The van der Waals surface area contributed by atoms with E-state index in [4.69, 9.17) is 0 Å². The van der Waals surface area contributed by atoms with Gasteiger partial charge < -0.3 is 4.90 Å². The first-order valence-corrected chi connectivity index (χ1v) is 9.79. The Morgan fingerprint density at radius 1 is 1.12 bits per heavy atom. The molecule has 0 spiro atoms. The highest BCUT2D eigenvalue weighted by Gasteiger charge is 2.30. The van der Waals surface area contributed by atoms with E-state index in [1.54, 1.807) is 0 Å². The predicted octanol–water partition coefficient (Wildman–Crippen LogP) is 4.89. The molecule has 0 radical (unpaired) electrons. The molecule has 3 heteroatoms. The second-order valence-corrected chi connectivity index (χ2v) is 7.42. The number of rotatable bonds is 6. The fourth-order valence-electron chi connectivity index (χ4n) is 3.84. The number of amides is 1. The summed E-state index contributed by atoms with van der Waals surface area (Å²) >= 11 is 0. The van der Waals surface area contributed by atoms with Crippen molar-refractivity contribution in [3.63, 3.8) is 0 Å². The minimum Gasteiger partial charge on any atom is -0.332 e. The molecule has 0 aromatic heterocycles. The summed E-state index contributed by atoms with van der Waals surface area (Å²) in [4.78, 5) is 17.5. The van der Waals surface area contributed by atoms with Gasteiger partial charge in [-0.25, -0.2) is 0 Å². The van der Waals surface area contributed by atoms with E-state index in [2.05, 4.69) is 62.1 Å². The number of hydrogen-bond acceptors (Lipinski definition) is 2. The number of carbonyl (C=O) groups excluding carboxylic acids is 1. The Hall–Kier alpha value is -2.13. The van der Waals surface area contributed by atoms with E-state index < -0.39 is 0 Å². The van der Waals surface area contributed by atoms with Crippen LogP contribution >= 0.6 is 0 Å². The van der Waals surface area contributed by atoms with Crippen LogP contribution in [0.5, 0.6) is 0 Å². The summed E-state index contributed by atoms with van der Waals surface area (Å²) in [5.41, 5.74) is 3.30. The monoisotopic (exact) mass is 350 g/mol. The first-order valence-electron chi connectivity index (χ1n) is 9.79. The molecular formula is C23H30N2O. The molecule has 138 valence electrons. The molecule has 0 bridgehead atoms. The molecule has 3 rings (SSSR count). The first-order chi connectivity index (χ1) is 12.6. The van der Waals surface area contributed by atoms with Crippen LogP contribution in [0.3, 0.4) is 0 Å². The van der Waals surface area contributed by atoms with Gasteiger partial charge in [-0.05, 0) is 56.5 Å². The number of hydrogen-bond donors (Lipinski definition) is 0. The zero-order chi connectivity index (χ0) is 18.5. The molecule has 2 aromatic rings. The van der Waals surface area contributed by atoms with Crippen molar-refractivity contribution in [3.8, 4) is 0 Å². The maximum atomic E-state index is 13.0. The summed E-state index contributed by atoms with van der Waals surface area (Å²) in [5, 5.41) is 0. The van der Waals surface area contributed by atoms with Gasteiger partial charge in [0.25, 0.3) is 5.91 Å². The second-order valence-electron chi connectivity index (χ2n) is 7.42. The average Bonchev–Trinajstić information content (AvgIpc) is 3.16. The summed E-state index contributed by atoms with van der Waals surface area (Å²) in [7, 11) is 0. The first kappa shape index (κ1) is 18.7. The number of likely N-dealkylation sites (tertiary alicyclic amines) is 1. The zero-order valence-corrected chi connectivity index (χ0v) is 16.2. The maximum Gasteiger partial charge on any atom is 0.254 e. The van der Waals surface area contributed by atoms with Crippen molar-refractivity contribution in [1.82, 2.24) is 9.80 Å². The van der Waals surface area contributed by atoms with Gasteiger partial charge in [0.2, 0.25) is 0 Å². The van der Waals surface area contributed by atoms with Gasteiger partial charge >= 0.3 is 0 Å². The Morgan fingerprint density at radius 2 is 1.81 bits per heavy atom. The lowest BCUT2D eigenvalue weighted by molar-refractivity contribution is 0.0735. The molecule has 1 atom stereocenters. The predicted molar refractivity (Wildman–Crippen MR) is 107 cm³/mol. The van der Waals surface area contributed by atoms with Crippen molar-refractivity contribution < 1.29 is 4.79 Å². The normalized spacial score (nSPS) is 17.3. The molecular weight excluding hydrogens is 320 g/mol. The highest BCUT2D eigenvalue weighted by molar-refractivity contribution is 5.94. The molecule has 1 aliphatic heterocycles. The third-order valence-electron chi connectivity index (χ3n) is 5.42. The topological polar surface area (TPSA) is 23.6 Å².